The van der Waals surface area contributed by atoms with Crippen LogP contribution in [-0.4, -0.2) is 32.7 Å². The van der Waals surface area contributed by atoms with Crippen LogP contribution in [0.15, 0.2) is 52.0 Å². The van der Waals surface area contributed by atoms with Crippen molar-refractivity contribution in [2.24, 2.45) is 0 Å². The number of hydrogen-bond donors (Lipinski definition) is 2. The minimum absolute atomic E-state index is 0.0473. The molecule has 1 aromatic carbocycles. The monoisotopic (exact) mass is 360 g/mol. The molecule has 122 valence electrons. The molecule has 6 nitrogen and oxygen atoms in total. The van der Waals surface area contributed by atoms with Gasteiger partial charge in [-0.15, -0.1) is 0 Å². The van der Waals surface area contributed by atoms with Crippen LogP contribution in [0.1, 0.15) is 5.76 Å². The largest absolute Gasteiger partial charge is 0.506 e. The van der Waals surface area contributed by atoms with Crippen molar-refractivity contribution in [3.63, 3.8) is 0 Å². The van der Waals surface area contributed by atoms with E-state index in [2.05, 4.69) is 5.32 Å². The Kier molecular flexibility index (Phi) is 4.68. The second kappa shape index (κ2) is 6.90. The number of anilines is 1. The normalized spacial score (nSPS) is 16.0. The minimum Gasteiger partial charge on any atom is -0.506 e. The number of furan rings is 1. The number of nitrogens with one attached hydrogen (secondary N) is 1. The molecule has 0 aliphatic carbocycles. The van der Waals surface area contributed by atoms with Gasteiger partial charge in [-0.3, -0.25) is 14.5 Å². The summed E-state index contributed by atoms with van der Waals surface area (Å²) in [5.41, 5.74) is 0.277. The zero-order chi connectivity index (χ0) is 17.1. The number of benzene rings is 1. The van der Waals surface area contributed by atoms with Gasteiger partial charge in [-0.25, -0.2) is 0 Å². The molecule has 0 saturated carbocycles. The van der Waals surface area contributed by atoms with Crippen LogP contribution >= 0.6 is 24.0 Å². The standard InChI is InChI=1S/C16H12N2O4S2/c19-12-6-2-1-5-11(12)17-14(20)9-18-15(21)13(24-16(18)23)8-10-4-3-7-22-10/h1-8,19H,9H2,(H,17,20)/b13-8-. The van der Waals surface area contributed by atoms with Crippen LogP contribution in [0, 0.1) is 0 Å². The highest BCUT2D eigenvalue weighted by molar-refractivity contribution is 8.26. The molecule has 1 saturated heterocycles. The average molecular weight is 360 g/mol. The zero-order valence-corrected chi connectivity index (χ0v) is 13.9. The van der Waals surface area contributed by atoms with E-state index < -0.39 is 5.91 Å². The highest BCUT2D eigenvalue weighted by Crippen LogP contribution is 2.32. The number of aromatic hydroxyl groups is 1. The highest BCUT2D eigenvalue weighted by atomic mass is 32.2. The van der Waals surface area contributed by atoms with E-state index in [4.69, 9.17) is 16.6 Å². The Labute approximate surface area is 147 Å². The van der Waals surface area contributed by atoms with E-state index in [-0.39, 0.29) is 23.9 Å². The minimum atomic E-state index is -0.452. The topological polar surface area (TPSA) is 82.8 Å². The molecule has 8 heteroatoms. The van der Waals surface area contributed by atoms with Gasteiger partial charge in [0.1, 0.15) is 22.4 Å². The fourth-order valence-corrected chi connectivity index (χ4v) is 3.29. The first kappa shape index (κ1) is 16.3. The molecular formula is C16H12N2O4S2. The Balaban J connectivity index is 1.69. The van der Waals surface area contributed by atoms with Crippen molar-refractivity contribution in [1.82, 2.24) is 4.90 Å². The quantitative estimate of drug-likeness (QED) is 0.496. The van der Waals surface area contributed by atoms with E-state index in [0.29, 0.717) is 15.0 Å². The molecule has 0 bridgehead atoms. The molecule has 1 aromatic heterocycles. The van der Waals surface area contributed by atoms with Crippen molar-refractivity contribution >= 4 is 51.9 Å². The van der Waals surface area contributed by atoms with Crippen molar-refractivity contribution in [3.05, 3.63) is 53.3 Å². The molecule has 0 radical (unpaired) electrons. The molecule has 2 heterocycles. The zero-order valence-electron chi connectivity index (χ0n) is 12.3. The summed E-state index contributed by atoms with van der Waals surface area (Å²) in [4.78, 5) is 26.1. The van der Waals surface area contributed by atoms with Crippen LogP contribution in [0.5, 0.6) is 5.75 Å². The van der Waals surface area contributed by atoms with E-state index in [1.54, 1.807) is 36.4 Å². The lowest BCUT2D eigenvalue weighted by molar-refractivity contribution is -0.126. The van der Waals surface area contributed by atoms with Crippen molar-refractivity contribution in [3.8, 4) is 5.75 Å². The number of hydrogen-bond acceptors (Lipinski definition) is 6. The molecule has 1 aliphatic rings. The van der Waals surface area contributed by atoms with Crippen LogP contribution in [0.25, 0.3) is 6.08 Å². The van der Waals surface area contributed by atoms with E-state index in [0.717, 1.165) is 11.8 Å². The fraction of sp³-hybridized carbons (Fsp3) is 0.0625. The lowest BCUT2D eigenvalue weighted by Crippen LogP contribution is -2.36. The summed E-state index contributed by atoms with van der Waals surface area (Å²) in [6.07, 6.45) is 3.09. The van der Waals surface area contributed by atoms with Gasteiger partial charge in [0.25, 0.3) is 5.91 Å². The summed E-state index contributed by atoms with van der Waals surface area (Å²) < 4.78 is 5.47. The van der Waals surface area contributed by atoms with Gasteiger partial charge in [0.15, 0.2) is 0 Å². The van der Waals surface area contributed by atoms with Gasteiger partial charge in [0.2, 0.25) is 5.91 Å². The second-order valence-corrected chi connectivity index (χ2v) is 6.52. The third kappa shape index (κ3) is 3.50. The van der Waals surface area contributed by atoms with Crippen LogP contribution in [0.2, 0.25) is 0 Å². The number of thioether (sulfide) groups is 1. The van der Waals surface area contributed by atoms with Crippen LogP contribution in [-0.2, 0) is 9.59 Å². The summed E-state index contributed by atoms with van der Waals surface area (Å²) in [6.45, 7) is -0.228. The highest BCUT2D eigenvalue weighted by Gasteiger charge is 2.33. The van der Waals surface area contributed by atoms with E-state index in [1.165, 1.54) is 17.2 Å². The van der Waals surface area contributed by atoms with Gasteiger partial charge in [0.05, 0.1) is 16.9 Å². The smallest absolute Gasteiger partial charge is 0.266 e. The maximum absolute atomic E-state index is 12.4. The third-order valence-electron chi connectivity index (χ3n) is 3.17. The number of carbonyl (C=O) groups excluding carboxylic acids is 2. The molecule has 24 heavy (non-hydrogen) atoms. The fourth-order valence-electron chi connectivity index (χ4n) is 2.05. The first-order chi connectivity index (χ1) is 11.5. The molecule has 0 atom stereocenters. The first-order valence-corrected chi connectivity index (χ1v) is 8.14. The van der Waals surface area contributed by atoms with Crippen LogP contribution in [0.4, 0.5) is 5.69 Å². The summed E-state index contributed by atoms with van der Waals surface area (Å²) in [5.74, 6) is -0.316. The Morgan fingerprint density at radius 2 is 2.12 bits per heavy atom. The summed E-state index contributed by atoms with van der Waals surface area (Å²) >= 11 is 6.28. The van der Waals surface area contributed by atoms with Crippen LogP contribution in [0.3, 0.4) is 0 Å². The number of phenolic OH excluding ortho intramolecular Hbond substituents is 1. The molecule has 0 unspecified atom stereocenters. The maximum Gasteiger partial charge on any atom is 0.266 e. The predicted octanol–water partition coefficient (Wildman–Crippen LogP) is 2.83. The van der Waals surface area contributed by atoms with E-state index >= 15 is 0 Å². The Hall–Kier alpha value is -2.58. The summed E-state index contributed by atoms with van der Waals surface area (Å²) in [7, 11) is 0. The molecule has 2 amide bonds. The maximum atomic E-state index is 12.4. The molecule has 1 fully saturated rings. The SMILES string of the molecule is O=C(CN1C(=O)/C(=C/c2ccco2)SC1=S)Nc1ccccc1O. The predicted molar refractivity (Wildman–Crippen MR) is 95.3 cm³/mol. The van der Waals surface area contributed by atoms with Gasteiger partial charge in [-0.2, -0.15) is 0 Å². The summed E-state index contributed by atoms with van der Waals surface area (Å²) in [6, 6.07) is 9.78. The lowest BCUT2D eigenvalue weighted by atomic mass is 10.3. The molecular weight excluding hydrogens is 348 g/mol. The molecule has 0 spiro atoms. The number of nitrogens with zero attached hydrogens (tertiary/aromatic N) is 1. The van der Waals surface area contributed by atoms with Gasteiger partial charge >= 0.3 is 0 Å². The first-order valence-electron chi connectivity index (χ1n) is 6.91. The number of amides is 2. The number of phenols is 1. The Morgan fingerprint density at radius 1 is 1.33 bits per heavy atom. The average Bonchev–Trinajstić information content (AvgIpc) is 3.14. The van der Waals surface area contributed by atoms with Crippen molar-refractivity contribution < 1.29 is 19.1 Å². The van der Waals surface area contributed by atoms with Gasteiger partial charge in [-0.05, 0) is 24.3 Å². The lowest BCUT2D eigenvalue weighted by Gasteiger charge is -2.14. The Morgan fingerprint density at radius 3 is 2.83 bits per heavy atom. The second-order valence-electron chi connectivity index (χ2n) is 4.85. The van der Waals surface area contributed by atoms with Gasteiger partial charge in [0, 0.05) is 6.08 Å². The van der Waals surface area contributed by atoms with Gasteiger partial charge < -0.3 is 14.8 Å². The third-order valence-corrected chi connectivity index (χ3v) is 4.55. The number of rotatable bonds is 4. The molecule has 1 aliphatic heterocycles. The number of para-hydroxylation sites is 2. The van der Waals surface area contributed by atoms with Gasteiger partial charge in [-0.1, -0.05) is 36.1 Å². The molecule has 3 rings (SSSR count). The van der Waals surface area contributed by atoms with Crippen LogP contribution < -0.4 is 5.32 Å². The molecule has 2 N–H and O–H groups in total. The van der Waals surface area contributed by atoms with E-state index in [1.807, 2.05) is 0 Å². The molecule has 2 aromatic rings. The summed E-state index contributed by atoms with van der Waals surface area (Å²) in [5, 5.41) is 12.2. The number of carbonyl (C=O) groups is 2. The van der Waals surface area contributed by atoms with Crippen molar-refractivity contribution in [2.75, 3.05) is 11.9 Å². The van der Waals surface area contributed by atoms with Crippen molar-refractivity contribution in [1.29, 1.82) is 0 Å². The Bertz CT molecular complexity index is 830. The van der Waals surface area contributed by atoms with E-state index in [9.17, 15) is 14.7 Å². The number of thiocarbonyl (C=S) groups is 1. The van der Waals surface area contributed by atoms with Crippen molar-refractivity contribution in [2.45, 2.75) is 0 Å².